The molecular formula is C32H34FN3O4. The standard InChI is InChI=1S/C32H34FN3O4/c1-5-15-40-32(3)11-13-35(14-12-32)31-25(18-30(38)39-4)21(2)20-36-28(31)19-27(34-36)23-8-6-7-22(16-23)26-17-24(33)9-10-29(26)37/h5-10,16-17,19-20,37H,1,11-15,18H2,2-4H3. The number of hydrogen-bond donors (Lipinski definition) is 1. The number of benzene rings is 2. The number of phenols is 1. The quantitative estimate of drug-likeness (QED) is 0.214. The first-order valence-corrected chi connectivity index (χ1v) is 13.4. The Bertz CT molecular complexity index is 1570. The van der Waals surface area contributed by atoms with Crippen LogP contribution in [0.3, 0.4) is 0 Å². The van der Waals surface area contributed by atoms with Crippen molar-refractivity contribution < 1.29 is 23.8 Å². The van der Waals surface area contributed by atoms with Crippen LogP contribution in [0.4, 0.5) is 10.1 Å². The third kappa shape index (κ3) is 5.45. The van der Waals surface area contributed by atoms with Crippen LogP contribution in [0.2, 0.25) is 0 Å². The molecule has 1 N–H and O–H groups in total. The highest BCUT2D eigenvalue weighted by molar-refractivity contribution is 5.86. The summed E-state index contributed by atoms with van der Waals surface area (Å²) in [5.41, 5.74) is 6.13. The van der Waals surface area contributed by atoms with Gasteiger partial charge in [0.1, 0.15) is 11.6 Å². The molecule has 0 radical (unpaired) electrons. The van der Waals surface area contributed by atoms with E-state index in [0.717, 1.165) is 59.5 Å². The summed E-state index contributed by atoms with van der Waals surface area (Å²) in [5, 5.41) is 15.2. The zero-order chi connectivity index (χ0) is 28.4. The van der Waals surface area contributed by atoms with Gasteiger partial charge in [0.25, 0.3) is 0 Å². The number of piperidine rings is 1. The molecule has 0 atom stereocenters. The van der Waals surface area contributed by atoms with Gasteiger partial charge in [0.05, 0.1) is 42.6 Å². The minimum atomic E-state index is -0.420. The number of aryl methyl sites for hydroxylation is 1. The van der Waals surface area contributed by atoms with E-state index in [-0.39, 0.29) is 23.7 Å². The molecule has 40 heavy (non-hydrogen) atoms. The molecule has 2 aromatic heterocycles. The van der Waals surface area contributed by atoms with Gasteiger partial charge in [0.2, 0.25) is 0 Å². The molecule has 1 saturated heterocycles. The summed E-state index contributed by atoms with van der Waals surface area (Å²) in [6, 6.07) is 13.4. The van der Waals surface area contributed by atoms with Crippen molar-refractivity contribution >= 4 is 17.2 Å². The fourth-order valence-corrected chi connectivity index (χ4v) is 5.40. The molecule has 0 amide bonds. The molecule has 0 spiro atoms. The number of ether oxygens (including phenoxy) is 2. The van der Waals surface area contributed by atoms with Gasteiger partial charge in [-0.2, -0.15) is 5.10 Å². The molecule has 208 valence electrons. The highest BCUT2D eigenvalue weighted by Crippen LogP contribution is 2.38. The Kier molecular flexibility index (Phi) is 7.63. The second kappa shape index (κ2) is 11.1. The van der Waals surface area contributed by atoms with Gasteiger partial charge < -0.3 is 19.5 Å². The normalized spacial score (nSPS) is 14.8. The van der Waals surface area contributed by atoms with E-state index < -0.39 is 5.82 Å². The lowest BCUT2D eigenvalue weighted by Crippen LogP contribution is -2.45. The number of methoxy groups -OCH3 is 1. The van der Waals surface area contributed by atoms with Crippen molar-refractivity contribution in [3.8, 4) is 28.1 Å². The van der Waals surface area contributed by atoms with E-state index in [1.54, 1.807) is 6.08 Å². The molecule has 7 nitrogen and oxygen atoms in total. The van der Waals surface area contributed by atoms with E-state index >= 15 is 0 Å². The van der Waals surface area contributed by atoms with Gasteiger partial charge in [-0.25, -0.2) is 8.91 Å². The topological polar surface area (TPSA) is 76.3 Å². The smallest absolute Gasteiger partial charge is 0.310 e. The summed E-state index contributed by atoms with van der Waals surface area (Å²) in [4.78, 5) is 14.7. The predicted molar refractivity (Wildman–Crippen MR) is 154 cm³/mol. The van der Waals surface area contributed by atoms with Gasteiger partial charge in [0, 0.05) is 30.4 Å². The highest BCUT2D eigenvalue weighted by atomic mass is 19.1. The third-order valence-corrected chi connectivity index (χ3v) is 7.72. The van der Waals surface area contributed by atoms with Crippen molar-refractivity contribution in [2.45, 2.75) is 38.7 Å². The fourth-order valence-electron chi connectivity index (χ4n) is 5.40. The summed E-state index contributed by atoms with van der Waals surface area (Å²) < 4.78 is 26.9. The zero-order valence-corrected chi connectivity index (χ0v) is 23.1. The van der Waals surface area contributed by atoms with Crippen LogP contribution >= 0.6 is 0 Å². The van der Waals surface area contributed by atoms with E-state index in [0.29, 0.717) is 17.7 Å². The lowest BCUT2D eigenvalue weighted by atomic mass is 9.92. The number of carbonyl (C=O) groups excluding carboxylic acids is 1. The minimum absolute atomic E-state index is 0.00748. The molecule has 0 saturated carbocycles. The first-order valence-electron chi connectivity index (χ1n) is 13.4. The van der Waals surface area contributed by atoms with Gasteiger partial charge in [-0.3, -0.25) is 4.79 Å². The third-order valence-electron chi connectivity index (χ3n) is 7.72. The number of carbonyl (C=O) groups is 1. The Morgan fingerprint density at radius 2 is 1.93 bits per heavy atom. The molecule has 2 aromatic carbocycles. The Hall–Kier alpha value is -4.17. The van der Waals surface area contributed by atoms with Gasteiger partial charge in [-0.1, -0.05) is 24.3 Å². The molecule has 3 heterocycles. The van der Waals surface area contributed by atoms with Crippen LogP contribution in [0.5, 0.6) is 5.75 Å². The number of pyridine rings is 1. The molecule has 8 heteroatoms. The summed E-state index contributed by atoms with van der Waals surface area (Å²) in [7, 11) is 1.40. The van der Waals surface area contributed by atoms with Crippen molar-refractivity contribution in [3.05, 3.63) is 84.3 Å². The van der Waals surface area contributed by atoms with Crippen LogP contribution in [-0.2, 0) is 20.7 Å². The van der Waals surface area contributed by atoms with Crippen LogP contribution in [0.1, 0.15) is 30.9 Å². The molecule has 0 bridgehead atoms. The van der Waals surface area contributed by atoms with E-state index in [4.69, 9.17) is 14.6 Å². The van der Waals surface area contributed by atoms with Crippen molar-refractivity contribution in [2.75, 3.05) is 31.7 Å². The molecule has 1 aliphatic heterocycles. The molecule has 0 aliphatic carbocycles. The average molecular weight is 544 g/mol. The second-order valence-electron chi connectivity index (χ2n) is 10.5. The van der Waals surface area contributed by atoms with Gasteiger partial charge in [-0.15, -0.1) is 6.58 Å². The SMILES string of the molecule is C=CCOC1(C)CCN(c2c(CC(=O)OC)c(C)cn3nc(-c4cccc(-c5cc(F)ccc5O)c4)cc23)CC1. The lowest BCUT2D eigenvalue weighted by Gasteiger charge is -2.41. The fraction of sp³-hybridized carbons (Fsp3) is 0.312. The van der Waals surface area contributed by atoms with Crippen molar-refractivity contribution in [1.82, 2.24) is 9.61 Å². The largest absolute Gasteiger partial charge is 0.507 e. The number of anilines is 1. The summed E-state index contributed by atoms with van der Waals surface area (Å²) in [5.74, 6) is -0.711. The summed E-state index contributed by atoms with van der Waals surface area (Å²) >= 11 is 0. The number of halogens is 1. The summed E-state index contributed by atoms with van der Waals surface area (Å²) in [6.45, 7) is 9.92. The van der Waals surface area contributed by atoms with Gasteiger partial charge >= 0.3 is 5.97 Å². The maximum atomic E-state index is 13.9. The molecule has 5 rings (SSSR count). The number of nitrogens with zero attached hydrogens (tertiary/aromatic N) is 3. The Morgan fingerprint density at radius 1 is 1.18 bits per heavy atom. The zero-order valence-electron chi connectivity index (χ0n) is 23.1. The number of hydrogen-bond acceptors (Lipinski definition) is 6. The Labute approximate surface area is 233 Å². The molecular weight excluding hydrogens is 509 g/mol. The number of fused-ring (bicyclic) bond motifs is 1. The van der Waals surface area contributed by atoms with Crippen LogP contribution < -0.4 is 4.90 Å². The van der Waals surface area contributed by atoms with Crippen molar-refractivity contribution in [2.24, 2.45) is 0 Å². The number of rotatable bonds is 8. The second-order valence-corrected chi connectivity index (χ2v) is 10.5. The van der Waals surface area contributed by atoms with Gasteiger partial charge in [-0.05, 0) is 73.7 Å². The van der Waals surface area contributed by atoms with E-state index in [1.165, 1.54) is 25.3 Å². The first-order chi connectivity index (χ1) is 19.2. The summed E-state index contributed by atoms with van der Waals surface area (Å²) in [6.07, 6.45) is 5.53. The van der Waals surface area contributed by atoms with E-state index in [9.17, 15) is 14.3 Å². The molecule has 1 fully saturated rings. The number of aromatic hydroxyl groups is 1. The molecule has 0 unspecified atom stereocenters. The molecule has 4 aromatic rings. The predicted octanol–water partition coefficient (Wildman–Crippen LogP) is 6.10. The van der Waals surface area contributed by atoms with Crippen LogP contribution in [0.15, 0.2) is 67.4 Å². The highest BCUT2D eigenvalue weighted by Gasteiger charge is 2.33. The Morgan fingerprint density at radius 3 is 2.65 bits per heavy atom. The minimum Gasteiger partial charge on any atom is -0.507 e. The van der Waals surface area contributed by atoms with Gasteiger partial charge in [0.15, 0.2) is 0 Å². The lowest BCUT2D eigenvalue weighted by molar-refractivity contribution is -0.139. The number of esters is 1. The first kappa shape index (κ1) is 27.4. The number of aromatic nitrogens is 2. The van der Waals surface area contributed by atoms with E-state index in [1.807, 2.05) is 48.0 Å². The number of phenolic OH excluding ortho intramolecular Hbond substituents is 1. The maximum absolute atomic E-state index is 13.9. The van der Waals surface area contributed by atoms with Crippen LogP contribution in [0, 0.1) is 12.7 Å². The van der Waals surface area contributed by atoms with E-state index in [2.05, 4.69) is 18.4 Å². The van der Waals surface area contributed by atoms with Crippen LogP contribution in [-0.4, -0.2) is 53.1 Å². The monoisotopic (exact) mass is 543 g/mol. The maximum Gasteiger partial charge on any atom is 0.310 e. The van der Waals surface area contributed by atoms with Crippen LogP contribution in [0.25, 0.3) is 27.9 Å². The average Bonchev–Trinajstić information content (AvgIpc) is 3.38. The molecule has 1 aliphatic rings. The van der Waals surface area contributed by atoms with Crippen molar-refractivity contribution in [1.29, 1.82) is 0 Å². The van der Waals surface area contributed by atoms with Crippen molar-refractivity contribution in [3.63, 3.8) is 0 Å². The Balaban J connectivity index is 1.58.